The van der Waals surface area contributed by atoms with Crippen LogP contribution in [-0.4, -0.2) is 37.1 Å². The number of pyridine rings is 1. The van der Waals surface area contributed by atoms with Gasteiger partial charge in [0.15, 0.2) is 0 Å². The Balaban J connectivity index is 1.64. The van der Waals surface area contributed by atoms with E-state index in [4.69, 9.17) is 0 Å². The van der Waals surface area contributed by atoms with Crippen LogP contribution < -0.4 is 15.1 Å². The molecule has 0 bridgehead atoms. The maximum absolute atomic E-state index is 12.6. The fraction of sp³-hybridized carbons (Fsp3) is 0.400. The van der Waals surface area contributed by atoms with Gasteiger partial charge >= 0.3 is 0 Å². The van der Waals surface area contributed by atoms with Crippen molar-refractivity contribution < 1.29 is 4.79 Å². The first-order chi connectivity index (χ1) is 12.3. The summed E-state index contributed by atoms with van der Waals surface area (Å²) in [5.41, 5.74) is 3.81. The Labute approximate surface area is 148 Å². The largest absolute Gasteiger partial charge is 0.371 e. The van der Waals surface area contributed by atoms with E-state index in [2.05, 4.69) is 38.3 Å². The van der Waals surface area contributed by atoms with Crippen molar-refractivity contribution in [2.24, 2.45) is 0 Å². The van der Waals surface area contributed by atoms with Crippen molar-refractivity contribution in [2.75, 3.05) is 41.3 Å². The van der Waals surface area contributed by atoms with Crippen molar-refractivity contribution in [3.05, 3.63) is 48.3 Å². The fourth-order valence-electron chi connectivity index (χ4n) is 3.72. The van der Waals surface area contributed by atoms with Crippen LogP contribution >= 0.6 is 0 Å². The first kappa shape index (κ1) is 15.9. The van der Waals surface area contributed by atoms with Gasteiger partial charge in [-0.2, -0.15) is 0 Å². The van der Waals surface area contributed by atoms with Crippen molar-refractivity contribution in [1.29, 1.82) is 0 Å². The van der Waals surface area contributed by atoms with Gasteiger partial charge in [0.25, 0.3) is 5.91 Å². The molecule has 1 N–H and O–H groups in total. The number of anilines is 3. The van der Waals surface area contributed by atoms with Crippen LogP contribution in [0.3, 0.4) is 0 Å². The fourth-order valence-corrected chi connectivity index (χ4v) is 3.72. The number of benzene rings is 1. The van der Waals surface area contributed by atoms with Crippen LogP contribution in [0, 0.1) is 0 Å². The van der Waals surface area contributed by atoms with Gasteiger partial charge in [-0.1, -0.05) is 0 Å². The second kappa shape index (κ2) is 7.13. The van der Waals surface area contributed by atoms with E-state index < -0.39 is 0 Å². The van der Waals surface area contributed by atoms with Crippen molar-refractivity contribution in [3.63, 3.8) is 0 Å². The van der Waals surface area contributed by atoms with Crippen molar-refractivity contribution >= 4 is 23.0 Å². The molecule has 1 amide bonds. The number of carbonyl (C=O) groups excluding carboxylic acids is 1. The maximum Gasteiger partial charge on any atom is 0.257 e. The standard InChI is InChI=1S/C20H24N4O/c25-20(16-6-5-9-21-15-16)22-18-14-17(23-10-1-2-11-23)7-8-19(18)24-12-3-4-13-24/h5-9,14-15H,1-4,10-13H2,(H,22,25). The SMILES string of the molecule is O=C(Nc1cc(N2CCCC2)ccc1N1CCCC1)c1cccnc1. The predicted octanol–water partition coefficient (Wildman–Crippen LogP) is 3.53. The minimum absolute atomic E-state index is 0.105. The van der Waals surface area contributed by atoms with Crippen LogP contribution in [0.15, 0.2) is 42.7 Å². The smallest absolute Gasteiger partial charge is 0.257 e. The lowest BCUT2D eigenvalue weighted by atomic mass is 10.2. The Hall–Kier alpha value is -2.56. The Morgan fingerprint density at radius 1 is 0.960 bits per heavy atom. The Morgan fingerprint density at radius 2 is 1.68 bits per heavy atom. The third kappa shape index (κ3) is 3.45. The van der Waals surface area contributed by atoms with Gasteiger partial charge in [0.1, 0.15) is 0 Å². The van der Waals surface area contributed by atoms with Gasteiger partial charge in [0.05, 0.1) is 16.9 Å². The zero-order valence-corrected chi connectivity index (χ0v) is 14.4. The molecule has 0 radical (unpaired) electrons. The van der Waals surface area contributed by atoms with Gasteiger partial charge < -0.3 is 15.1 Å². The molecule has 5 heteroatoms. The predicted molar refractivity (Wildman–Crippen MR) is 102 cm³/mol. The first-order valence-electron chi connectivity index (χ1n) is 9.16. The van der Waals surface area contributed by atoms with Gasteiger partial charge in [-0.3, -0.25) is 9.78 Å². The lowest BCUT2D eigenvalue weighted by Crippen LogP contribution is -2.23. The van der Waals surface area contributed by atoms with Crippen LogP contribution in [0.5, 0.6) is 0 Å². The average molecular weight is 336 g/mol. The number of amides is 1. The van der Waals surface area contributed by atoms with E-state index in [0.717, 1.165) is 37.6 Å². The van der Waals surface area contributed by atoms with Crippen molar-refractivity contribution in [2.45, 2.75) is 25.7 Å². The lowest BCUT2D eigenvalue weighted by Gasteiger charge is -2.25. The summed E-state index contributed by atoms with van der Waals surface area (Å²) in [5, 5.41) is 3.12. The zero-order valence-electron chi connectivity index (χ0n) is 14.4. The number of hydrogen-bond donors (Lipinski definition) is 1. The molecule has 2 saturated heterocycles. The Kier molecular flexibility index (Phi) is 4.55. The Bertz CT molecular complexity index is 735. The van der Waals surface area contributed by atoms with Crippen LogP contribution in [0.1, 0.15) is 36.0 Å². The molecule has 1 aromatic carbocycles. The van der Waals surface area contributed by atoms with E-state index in [9.17, 15) is 4.79 Å². The van der Waals surface area contributed by atoms with E-state index in [0.29, 0.717) is 5.56 Å². The molecule has 4 rings (SSSR count). The average Bonchev–Trinajstić information content (AvgIpc) is 3.36. The second-order valence-corrected chi connectivity index (χ2v) is 6.79. The monoisotopic (exact) mass is 336 g/mol. The molecule has 2 aliphatic rings. The maximum atomic E-state index is 12.6. The number of nitrogens with one attached hydrogen (secondary N) is 1. The highest BCUT2D eigenvalue weighted by atomic mass is 16.1. The van der Waals surface area contributed by atoms with E-state index in [1.54, 1.807) is 24.5 Å². The third-order valence-electron chi connectivity index (χ3n) is 5.07. The van der Waals surface area contributed by atoms with Crippen molar-refractivity contribution in [1.82, 2.24) is 4.98 Å². The molecule has 5 nitrogen and oxygen atoms in total. The molecule has 0 aliphatic carbocycles. The quantitative estimate of drug-likeness (QED) is 0.928. The molecule has 0 saturated carbocycles. The van der Waals surface area contributed by atoms with Crippen LogP contribution in [0.2, 0.25) is 0 Å². The van der Waals surface area contributed by atoms with E-state index >= 15 is 0 Å². The molecular weight excluding hydrogens is 312 g/mol. The molecule has 0 unspecified atom stereocenters. The molecule has 0 atom stereocenters. The third-order valence-corrected chi connectivity index (χ3v) is 5.07. The molecule has 2 aliphatic heterocycles. The highest BCUT2D eigenvalue weighted by molar-refractivity contribution is 6.06. The highest BCUT2D eigenvalue weighted by Crippen LogP contribution is 2.34. The normalized spacial score (nSPS) is 17.1. The van der Waals surface area contributed by atoms with Gasteiger partial charge in [-0.05, 0) is 56.0 Å². The van der Waals surface area contributed by atoms with Gasteiger partial charge in [0, 0.05) is 44.3 Å². The molecule has 0 spiro atoms. The first-order valence-corrected chi connectivity index (χ1v) is 9.16. The number of carbonyl (C=O) groups is 1. The van der Waals surface area contributed by atoms with Crippen molar-refractivity contribution in [3.8, 4) is 0 Å². The summed E-state index contributed by atoms with van der Waals surface area (Å²) in [4.78, 5) is 21.4. The van der Waals surface area contributed by atoms with E-state index in [1.165, 1.54) is 31.4 Å². The lowest BCUT2D eigenvalue weighted by molar-refractivity contribution is 0.102. The zero-order chi connectivity index (χ0) is 17.1. The summed E-state index contributed by atoms with van der Waals surface area (Å²) in [5.74, 6) is -0.105. The number of rotatable bonds is 4. The number of nitrogens with zero attached hydrogens (tertiary/aromatic N) is 3. The molecule has 1 aromatic heterocycles. The van der Waals surface area contributed by atoms with Gasteiger partial charge in [0.2, 0.25) is 0 Å². The summed E-state index contributed by atoms with van der Waals surface area (Å²) in [6, 6.07) is 10.1. The van der Waals surface area contributed by atoms with Gasteiger partial charge in [-0.25, -0.2) is 0 Å². The van der Waals surface area contributed by atoms with Crippen LogP contribution in [0.25, 0.3) is 0 Å². The summed E-state index contributed by atoms with van der Waals surface area (Å²) in [7, 11) is 0. The van der Waals surface area contributed by atoms with Gasteiger partial charge in [-0.15, -0.1) is 0 Å². The molecule has 2 aromatic rings. The van der Waals surface area contributed by atoms with E-state index in [-0.39, 0.29) is 5.91 Å². The Morgan fingerprint density at radius 3 is 2.36 bits per heavy atom. The molecule has 130 valence electrons. The molecule has 3 heterocycles. The number of aromatic nitrogens is 1. The van der Waals surface area contributed by atoms with Crippen LogP contribution in [0.4, 0.5) is 17.1 Å². The number of hydrogen-bond acceptors (Lipinski definition) is 4. The minimum Gasteiger partial charge on any atom is -0.371 e. The van der Waals surface area contributed by atoms with Crippen LogP contribution in [-0.2, 0) is 0 Å². The molecule has 2 fully saturated rings. The minimum atomic E-state index is -0.105. The summed E-state index contributed by atoms with van der Waals surface area (Å²) in [6.07, 6.45) is 8.19. The summed E-state index contributed by atoms with van der Waals surface area (Å²) < 4.78 is 0. The summed E-state index contributed by atoms with van der Waals surface area (Å²) >= 11 is 0. The molecular formula is C20H24N4O. The molecule has 25 heavy (non-hydrogen) atoms. The highest BCUT2D eigenvalue weighted by Gasteiger charge is 2.20. The second-order valence-electron chi connectivity index (χ2n) is 6.79. The van der Waals surface area contributed by atoms with E-state index in [1.807, 2.05) is 0 Å². The summed E-state index contributed by atoms with van der Waals surface area (Å²) in [6.45, 7) is 4.30. The topological polar surface area (TPSA) is 48.5 Å².